The molecule has 1 amide bonds. The van der Waals surface area contributed by atoms with E-state index in [1.807, 2.05) is 36.4 Å². The first kappa shape index (κ1) is 20.3. The van der Waals surface area contributed by atoms with Gasteiger partial charge in [0.1, 0.15) is 11.4 Å². The first-order valence-corrected chi connectivity index (χ1v) is 9.68. The molecule has 0 bridgehead atoms. The largest absolute Gasteiger partial charge is 0.497 e. The molecule has 2 aromatic carbocycles. The average Bonchev–Trinajstić information content (AvgIpc) is 2.75. The Balaban J connectivity index is 1.59. The minimum Gasteiger partial charge on any atom is -0.497 e. The maximum absolute atomic E-state index is 12.4. The zero-order valence-electron chi connectivity index (χ0n) is 17.1. The van der Waals surface area contributed by atoms with Gasteiger partial charge in [0.05, 0.1) is 19.5 Å². The number of methoxy groups -OCH3 is 1. The van der Waals surface area contributed by atoms with Crippen LogP contribution in [0.15, 0.2) is 60.9 Å². The summed E-state index contributed by atoms with van der Waals surface area (Å²) >= 11 is 0. The average molecular weight is 390 g/mol. The van der Waals surface area contributed by atoms with Crippen LogP contribution in [-0.2, 0) is 6.42 Å². The van der Waals surface area contributed by atoms with Gasteiger partial charge in [-0.15, -0.1) is 0 Å². The Morgan fingerprint density at radius 1 is 1.10 bits per heavy atom. The Kier molecular flexibility index (Phi) is 6.79. The van der Waals surface area contributed by atoms with Crippen LogP contribution in [0, 0.1) is 6.92 Å². The van der Waals surface area contributed by atoms with Crippen molar-refractivity contribution in [2.45, 2.75) is 20.3 Å². The molecule has 0 unspecified atom stereocenters. The number of hydrogen-bond donors (Lipinski definition) is 1. The van der Waals surface area contributed by atoms with Crippen molar-refractivity contribution in [1.29, 1.82) is 0 Å². The molecule has 3 aromatic rings. The maximum Gasteiger partial charge on any atom is 0.271 e. The molecule has 0 saturated heterocycles. The van der Waals surface area contributed by atoms with E-state index in [9.17, 15) is 4.79 Å². The molecule has 0 aliphatic rings. The van der Waals surface area contributed by atoms with Crippen molar-refractivity contribution in [3.05, 3.63) is 77.7 Å². The third-order valence-corrected chi connectivity index (χ3v) is 4.64. The highest BCUT2D eigenvalue weighted by Crippen LogP contribution is 2.23. The van der Waals surface area contributed by atoms with Crippen LogP contribution in [0.4, 0.5) is 11.5 Å². The number of carbonyl (C=O) groups excluding carboxylic acids is 1. The van der Waals surface area contributed by atoms with Gasteiger partial charge in [-0.2, -0.15) is 0 Å². The summed E-state index contributed by atoms with van der Waals surface area (Å²) in [7, 11) is 1.64. The molecule has 29 heavy (non-hydrogen) atoms. The number of carbonyl (C=O) groups is 1. The van der Waals surface area contributed by atoms with Crippen molar-refractivity contribution in [3.63, 3.8) is 0 Å². The molecule has 0 spiro atoms. The molecule has 3 rings (SSSR count). The van der Waals surface area contributed by atoms with Crippen LogP contribution in [0.25, 0.3) is 0 Å². The molecule has 6 nitrogen and oxygen atoms in total. The second kappa shape index (κ2) is 9.68. The molecule has 1 N–H and O–H groups in total. The zero-order valence-corrected chi connectivity index (χ0v) is 17.1. The Morgan fingerprint density at radius 3 is 2.52 bits per heavy atom. The second-order valence-corrected chi connectivity index (χ2v) is 6.70. The Hall–Kier alpha value is -3.41. The third kappa shape index (κ3) is 5.31. The number of nitrogens with one attached hydrogen (secondary N) is 1. The first-order valence-electron chi connectivity index (χ1n) is 9.68. The van der Waals surface area contributed by atoms with Crippen LogP contribution in [-0.4, -0.2) is 36.1 Å². The first-order chi connectivity index (χ1) is 14.1. The van der Waals surface area contributed by atoms with Gasteiger partial charge in [-0.1, -0.05) is 24.3 Å². The molecule has 0 fully saturated rings. The standard InChI is InChI=1S/C23H26N4O2/c1-4-27(19-7-5-6-17(2)14-19)22-16-25-21(15-26-22)23(28)24-13-12-18-8-10-20(29-3)11-9-18/h5-11,14-16H,4,12-13H2,1-3H3,(H,24,28). The molecule has 6 heteroatoms. The lowest BCUT2D eigenvalue weighted by atomic mass is 10.1. The summed E-state index contributed by atoms with van der Waals surface area (Å²) < 4.78 is 5.15. The van der Waals surface area contributed by atoms with Crippen LogP contribution >= 0.6 is 0 Å². The smallest absolute Gasteiger partial charge is 0.271 e. The van der Waals surface area contributed by atoms with E-state index in [-0.39, 0.29) is 5.91 Å². The normalized spacial score (nSPS) is 10.4. The summed E-state index contributed by atoms with van der Waals surface area (Å²) in [6, 6.07) is 16.0. The summed E-state index contributed by atoms with van der Waals surface area (Å²) in [5.41, 5.74) is 3.67. The molecule has 0 radical (unpaired) electrons. The van der Waals surface area contributed by atoms with E-state index < -0.39 is 0 Å². The van der Waals surface area contributed by atoms with Crippen LogP contribution < -0.4 is 15.0 Å². The minimum absolute atomic E-state index is 0.226. The van der Waals surface area contributed by atoms with Gasteiger partial charge in [-0.25, -0.2) is 9.97 Å². The number of benzene rings is 2. The summed E-state index contributed by atoms with van der Waals surface area (Å²) in [6.07, 6.45) is 3.90. The van der Waals surface area contributed by atoms with Crippen LogP contribution in [0.3, 0.4) is 0 Å². The lowest BCUT2D eigenvalue weighted by molar-refractivity contribution is 0.0949. The second-order valence-electron chi connectivity index (χ2n) is 6.70. The number of hydrogen-bond acceptors (Lipinski definition) is 5. The molecule has 0 aliphatic heterocycles. The fourth-order valence-corrected chi connectivity index (χ4v) is 3.05. The number of aryl methyl sites for hydroxylation is 1. The molecular formula is C23H26N4O2. The van der Waals surface area contributed by atoms with Gasteiger partial charge < -0.3 is 15.0 Å². The van der Waals surface area contributed by atoms with Crippen LogP contribution in [0.1, 0.15) is 28.5 Å². The van der Waals surface area contributed by atoms with Crippen molar-refractivity contribution >= 4 is 17.4 Å². The van der Waals surface area contributed by atoms with E-state index in [1.54, 1.807) is 13.3 Å². The van der Waals surface area contributed by atoms with E-state index in [0.29, 0.717) is 18.1 Å². The highest BCUT2D eigenvalue weighted by molar-refractivity contribution is 5.92. The van der Waals surface area contributed by atoms with Gasteiger partial charge in [-0.3, -0.25) is 4.79 Å². The molecular weight excluding hydrogens is 364 g/mol. The van der Waals surface area contributed by atoms with Gasteiger partial charge >= 0.3 is 0 Å². The number of anilines is 2. The van der Waals surface area contributed by atoms with Gasteiger partial charge in [-0.05, 0) is 55.7 Å². The molecule has 1 heterocycles. The van der Waals surface area contributed by atoms with E-state index in [0.717, 1.165) is 30.0 Å². The highest BCUT2D eigenvalue weighted by Gasteiger charge is 2.12. The Bertz CT molecular complexity index is 940. The topological polar surface area (TPSA) is 67.4 Å². The number of amides is 1. The molecule has 0 aliphatic carbocycles. The number of aromatic nitrogens is 2. The minimum atomic E-state index is -0.226. The fraction of sp³-hybridized carbons (Fsp3) is 0.261. The highest BCUT2D eigenvalue weighted by atomic mass is 16.5. The van der Waals surface area contributed by atoms with E-state index in [2.05, 4.69) is 46.2 Å². The quantitative estimate of drug-likeness (QED) is 0.631. The maximum atomic E-state index is 12.4. The summed E-state index contributed by atoms with van der Waals surface area (Å²) in [5, 5.41) is 2.89. The van der Waals surface area contributed by atoms with E-state index >= 15 is 0 Å². The number of rotatable bonds is 8. The lowest BCUT2D eigenvalue weighted by Gasteiger charge is -2.22. The van der Waals surface area contributed by atoms with E-state index in [4.69, 9.17) is 4.74 Å². The summed E-state index contributed by atoms with van der Waals surface area (Å²) in [5.74, 6) is 1.31. The summed E-state index contributed by atoms with van der Waals surface area (Å²) in [6.45, 7) is 5.40. The van der Waals surface area contributed by atoms with E-state index in [1.165, 1.54) is 11.8 Å². The third-order valence-electron chi connectivity index (χ3n) is 4.64. The Morgan fingerprint density at radius 2 is 1.90 bits per heavy atom. The number of nitrogens with zero attached hydrogens (tertiary/aromatic N) is 3. The Labute approximate surface area is 171 Å². The van der Waals surface area contributed by atoms with Crippen molar-refractivity contribution in [3.8, 4) is 5.75 Å². The molecule has 150 valence electrons. The zero-order chi connectivity index (χ0) is 20.6. The summed E-state index contributed by atoms with van der Waals surface area (Å²) in [4.78, 5) is 23.2. The van der Waals surface area contributed by atoms with Crippen molar-refractivity contribution in [1.82, 2.24) is 15.3 Å². The van der Waals surface area contributed by atoms with Crippen molar-refractivity contribution in [2.24, 2.45) is 0 Å². The molecule has 1 aromatic heterocycles. The molecule has 0 saturated carbocycles. The van der Waals surface area contributed by atoms with Crippen molar-refractivity contribution < 1.29 is 9.53 Å². The SMILES string of the molecule is CCN(c1cccc(C)c1)c1cnc(C(=O)NCCc2ccc(OC)cc2)cn1. The van der Waals surface area contributed by atoms with Crippen molar-refractivity contribution in [2.75, 3.05) is 25.1 Å². The predicted molar refractivity (Wildman–Crippen MR) is 115 cm³/mol. The van der Waals surface area contributed by atoms with Gasteiger partial charge in [0.15, 0.2) is 5.82 Å². The van der Waals surface area contributed by atoms with Gasteiger partial charge in [0.2, 0.25) is 0 Å². The van der Waals surface area contributed by atoms with Gasteiger partial charge in [0, 0.05) is 18.8 Å². The number of ether oxygens (including phenoxy) is 1. The molecule has 0 atom stereocenters. The monoisotopic (exact) mass is 390 g/mol. The van der Waals surface area contributed by atoms with Crippen LogP contribution in [0.5, 0.6) is 5.75 Å². The van der Waals surface area contributed by atoms with Gasteiger partial charge in [0.25, 0.3) is 5.91 Å². The van der Waals surface area contributed by atoms with Crippen LogP contribution in [0.2, 0.25) is 0 Å². The lowest BCUT2D eigenvalue weighted by Crippen LogP contribution is -2.27. The predicted octanol–water partition coefficient (Wildman–Crippen LogP) is 3.92. The fourth-order valence-electron chi connectivity index (χ4n) is 3.05.